The third-order valence-electron chi connectivity index (χ3n) is 4.73. The van der Waals surface area contributed by atoms with Crippen LogP contribution in [0, 0.1) is 0 Å². The van der Waals surface area contributed by atoms with Gasteiger partial charge < -0.3 is 9.30 Å². The summed E-state index contributed by atoms with van der Waals surface area (Å²) in [5.41, 5.74) is 3.41. The summed E-state index contributed by atoms with van der Waals surface area (Å²) in [6.07, 6.45) is 6.16. The van der Waals surface area contributed by atoms with Crippen molar-refractivity contribution in [1.29, 1.82) is 0 Å². The van der Waals surface area contributed by atoms with E-state index in [2.05, 4.69) is 24.8 Å². The van der Waals surface area contributed by atoms with Gasteiger partial charge in [0.15, 0.2) is 0 Å². The lowest BCUT2D eigenvalue weighted by Crippen LogP contribution is -2.15. The maximum atomic E-state index is 11.6. The van der Waals surface area contributed by atoms with E-state index in [1.165, 1.54) is 4.57 Å². The van der Waals surface area contributed by atoms with Crippen LogP contribution < -0.4 is 10.4 Å². The van der Waals surface area contributed by atoms with Gasteiger partial charge in [0, 0.05) is 44.4 Å². The molecule has 0 aliphatic carbocycles. The third kappa shape index (κ3) is 3.11. The van der Waals surface area contributed by atoms with E-state index in [9.17, 15) is 4.79 Å². The Morgan fingerprint density at radius 3 is 2.71 bits per heavy atom. The number of ether oxygens (including phenoxy) is 1. The van der Waals surface area contributed by atoms with Crippen LogP contribution in [0.25, 0.3) is 22.5 Å². The molecule has 0 atom stereocenters. The SMILES string of the molecule is COc1ccccc1-c1ncn(CCc2n[nH]c(=O)n2C)c1-c1cnn(C)c1. The van der Waals surface area contributed by atoms with E-state index >= 15 is 0 Å². The molecule has 4 aromatic rings. The van der Waals surface area contributed by atoms with E-state index in [-0.39, 0.29) is 5.69 Å². The van der Waals surface area contributed by atoms with Gasteiger partial charge in [0.2, 0.25) is 0 Å². The topological polar surface area (TPSA) is 95.5 Å². The Bertz CT molecular complexity index is 1170. The minimum absolute atomic E-state index is 0.220. The highest BCUT2D eigenvalue weighted by Crippen LogP contribution is 2.36. The maximum absolute atomic E-state index is 11.6. The number of aryl methyl sites for hydroxylation is 3. The van der Waals surface area contributed by atoms with Crippen LogP contribution in [0.3, 0.4) is 0 Å². The van der Waals surface area contributed by atoms with Crippen LogP contribution in [0.2, 0.25) is 0 Å². The molecule has 1 N–H and O–H groups in total. The Hall–Kier alpha value is -3.62. The quantitative estimate of drug-likeness (QED) is 0.549. The zero-order valence-electron chi connectivity index (χ0n) is 16.0. The Balaban J connectivity index is 1.78. The molecule has 0 spiro atoms. The number of H-pyrrole nitrogens is 1. The fraction of sp³-hybridized carbons (Fsp3) is 0.263. The van der Waals surface area contributed by atoms with Crippen LogP contribution in [-0.4, -0.2) is 41.2 Å². The van der Waals surface area contributed by atoms with Crippen molar-refractivity contribution in [3.05, 3.63) is 59.3 Å². The molecule has 1 aromatic carbocycles. The Kier molecular flexibility index (Phi) is 4.56. The fourth-order valence-electron chi connectivity index (χ4n) is 3.26. The standard InChI is InChI=1S/C19H21N7O2/c1-24-11-13(10-21-24)18-17(14-6-4-5-7-15(14)28-3)20-12-26(18)9-8-16-22-23-19(27)25(16)2/h4-7,10-12H,8-9H2,1-3H3,(H,23,27). The monoisotopic (exact) mass is 379 g/mol. The van der Waals surface area contributed by atoms with Gasteiger partial charge in [-0.05, 0) is 12.1 Å². The molecule has 0 saturated heterocycles. The van der Waals surface area contributed by atoms with Gasteiger partial charge in [0.25, 0.3) is 0 Å². The summed E-state index contributed by atoms with van der Waals surface area (Å²) in [6.45, 7) is 0.616. The predicted octanol–water partition coefficient (Wildman–Crippen LogP) is 1.62. The van der Waals surface area contributed by atoms with Gasteiger partial charge >= 0.3 is 5.69 Å². The van der Waals surface area contributed by atoms with E-state index < -0.39 is 0 Å². The first-order valence-electron chi connectivity index (χ1n) is 8.86. The van der Waals surface area contributed by atoms with Crippen LogP contribution in [0.1, 0.15) is 5.82 Å². The van der Waals surface area contributed by atoms with Crippen molar-refractivity contribution in [3.63, 3.8) is 0 Å². The molecular formula is C19H21N7O2. The molecule has 144 valence electrons. The number of nitrogens with zero attached hydrogens (tertiary/aromatic N) is 6. The van der Waals surface area contributed by atoms with Crippen LogP contribution in [-0.2, 0) is 27.1 Å². The number of imidazole rings is 1. The van der Waals surface area contributed by atoms with Gasteiger partial charge in [0.05, 0.1) is 25.3 Å². The molecule has 0 fully saturated rings. The fourth-order valence-corrected chi connectivity index (χ4v) is 3.26. The Labute approximate surface area is 161 Å². The van der Waals surface area contributed by atoms with Gasteiger partial charge in [0.1, 0.15) is 17.3 Å². The lowest BCUT2D eigenvalue weighted by atomic mass is 10.1. The molecule has 9 heteroatoms. The van der Waals surface area contributed by atoms with Crippen LogP contribution in [0.15, 0.2) is 47.8 Å². The van der Waals surface area contributed by atoms with Crippen molar-refractivity contribution < 1.29 is 4.74 Å². The molecule has 9 nitrogen and oxygen atoms in total. The first kappa shape index (κ1) is 17.8. The lowest BCUT2D eigenvalue weighted by Gasteiger charge is -2.11. The summed E-state index contributed by atoms with van der Waals surface area (Å²) in [7, 11) is 5.24. The van der Waals surface area contributed by atoms with E-state index in [0.29, 0.717) is 18.8 Å². The van der Waals surface area contributed by atoms with Gasteiger partial charge in [-0.25, -0.2) is 14.9 Å². The van der Waals surface area contributed by atoms with Crippen molar-refractivity contribution in [2.45, 2.75) is 13.0 Å². The van der Waals surface area contributed by atoms with Crippen LogP contribution >= 0.6 is 0 Å². The molecule has 3 heterocycles. The second-order valence-electron chi connectivity index (χ2n) is 6.49. The highest BCUT2D eigenvalue weighted by Gasteiger charge is 2.19. The van der Waals surface area contributed by atoms with Crippen LogP contribution in [0.4, 0.5) is 0 Å². The first-order chi connectivity index (χ1) is 13.6. The summed E-state index contributed by atoms with van der Waals surface area (Å²) >= 11 is 0. The molecule has 0 saturated carbocycles. The molecular weight excluding hydrogens is 358 g/mol. The average Bonchev–Trinajstić information content (AvgIpc) is 3.40. The molecule has 0 aliphatic heterocycles. The molecule has 0 unspecified atom stereocenters. The Morgan fingerprint density at radius 2 is 2.04 bits per heavy atom. The second kappa shape index (κ2) is 7.18. The lowest BCUT2D eigenvalue weighted by molar-refractivity contribution is 0.416. The van der Waals surface area contributed by atoms with E-state index in [1.807, 2.05) is 43.7 Å². The number of rotatable bonds is 6. The summed E-state index contributed by atoms with van der Waals surface area (Å²) in [4.78, 5) is 16.3. The molecule has 28 heavy (non-hydrogen) atoms. The summed E-state index contributed by atoms with van der Waals surface area (Å²) < 4.78 is 10.9. The van der Waals surface area contributed by atoms with Gasteiger partial charge in [-0.3, -0.25) is 9.25 Å². The number of para-hydroxylation sites is 1. The average molecular weight is 379 g/mol. The summed E-state index contributed by atoms with van der Waals surface area (Å²) in [5.74, 6) is 1.45. The number of nitrogens with one attached hydrogen (secondary N) is 1. The third-order valence-corrected chi connectivity index (χ3v) is 4.73. The van der Waals surface area contributed by atoms with Gasteiger partial charge in [-0.15, -0.1) is 0 Å². The number of hydrogen-bond acceptors (Lipinski definition) is 5. The van der Waals surface area contributed by atoms with Crippen LogP contribution in [0.5, 0.6) is 5.75 Å². The molecule has 0 amide bonds. The number of aromatic nitrogens is 7. The second-order valence-corrected chi connectivity index (χ2v) is 6.49. The minimum atomic E-state index is -0.220. The molecule has 0 bridgehead atoms. The van der Waals surface area contributed by atoms with Crippen molar-refractivity contribution in [1.82, 2.24) is 34.1 Å². The number of benzene rings is 1. The van der Waals surface area contributed by atoms with Crippen molar-refractivity contribution >= 4 is 0 Å². The zero-order valence-corrected chi connectivity index (χ0v) is 16.0. The van der Waals surface area contributed by atoms with Crippen molar-refractivity contribution in [3.8, 4) is 28.3 Å². The van der Waals surface area contributed by atoms with E-state index in [4.69, 9.17) is 4.74 Å². The highest BCUT2D eigenvalue weighted by atomic mass is 16.5. The summed E-state index contributed by atoms with van der Waals surface area (Å²) in [5, 5.41) is 10.9. The Morgan fingerprint density at radius 1 is 1.21 bits per heavy atom. The number of hydrogen-bond donors (Lipinski definition) is 1. The van der Waals surface area contributed by atoms with E-state index in [0.717, 1.165) is 28.3 Å². The van der Waals surface area contributed by atoms with Crippen molar-refractivity contribution in [2.75, 3.05) is 7.11 Å². The summed E-state index contributed by atoms with van der Waals surface area (Å²) in [6, 6.07) is 7.80. The molecule has 0 radical (unpaired) electrons. The predicted molar refractivity (Wildman–Crippen MR) is 104 cm³/mol. The maximum Gasteiger partial charge on any atom is 0.343 e. The highest BCUT2D eigenvalue weighted by molar-refractivity contribution is 5.81. The number of aromatic amines is 1. The normalized spacial score (nSPS) is 11.1. The van der Waals surface area contributed by atoms with Crippen molar-refractivity contribution in [2.24, 2.45) is 14.1 Å². The zero-order chi connectivity index (χ0) is 19.7. The van der Waals surface area contributed by atoms with Gasteiger partial charge in [-0.1, -0.05) is 12.1 Å². The molecule has 4 rings (SSSR count). The molecule has 3 aromatic heterocycles. The largest absolute Gasteiger partial charge is 0.496 e. The first-order valence-corrected chi connectivity index (χ1v) is 8.86. The number of methoxy groups -OCH3 is 1. The smallest absolute Gasteiger partial charge is 0.343 e. The molecule has 0 aliphatic rings. The van der Waals surface area contributed by atoms with E-state index in [1.54, 1.807) is 25.2 Å². The minimum Gasteiger partial charge on any atom is -0.496 e. The van der Waals surface area contributed by atoms with Gasteiger partial charge in [-0.2, -0.15) is 10.2 Å².